The summed E-state index contributed by atoms with van der Waals surface area (Å²) in [6.45, 7) is 8.85. The zero-order chi connectivity index (χ0) is 12.7. The first-order valence-electron chi connectivity index (χ1n) is 6.94. The summed E-state index contributed by atoms with van der Waals surface area (Å²) in [7, 11) is 3.92. The Morgan fingerprint density at radius 2 is 1.88 bits per heavy atom. The van der Waals surface area contributed by atoms with Gasteiger partial charge in [-0.1, -0.05) is 13.8 Å². The van der Waals surface area contributed by atoms with Gasteiger partial charge in [0.1, 0.15) is 0 Å². The molecule has 102 valence electrons. The third-order valence-electron chi connectivity index (χ3n) is 3.94. The molecular weight excluding hydrogens is 212 g/mol. The second-order valence-electron chi connectivity index (χ2n) is 6.19. The highest BCUT2D eigenvalue weighted by atomic mass is 16.5. The Morgan fingerprint density at radius 1 is 1.24 bits per heavy atom. The number of nitrogens with one attached hydrogen (secondary N) is 1. The van der Waals surface area contributed by atoms with Crippen LogP contribution >= 0.6 is 0 Å². The van der Waals surface area contributed by atoms with Gasteiger partial charge in [0.15, 0.2) is 0 Å². The van der Waals surface area contributed by atoms with Crippen LogP contribution in [0.5, 0.6) is 0 Å². The Bertz CT molecular complexity index is 196. The van der Waals surface area contributed by atoms with E-state index in [2.05, 4.69) is 31.1 Å². The molecule has 0 aromatic rings. The van der Waals surface area contributed by atoms with E-state index in [-0.39, 0.29) is 0 Å². The van der Waals surface area contributed by atoms with E-state index in [1.807, 2.05) is 0 Å². The summed E-state index contributed by atoms with van der Waals surface area (Å²) in [5.41, 5.74) is 0.577. The van der Waals surface area contributed by atoms with Gasteiger partial charge in [-0.05, 0) is 38.1 Å². The number of ether oxygens (including phenoxy) is 1. The average molecular weight is 242 g/mol. The highest BCUT2D eigenvalue weighted by Gasteiger charge is 2.26. The Labute approximate surface area is 107 Å². The molecule has 3 nitrogen and oxygen atoms in total. The van der Waals surface area contributed by atoms with E-state index in [1.165, 1.54) is 25.7 Å². The Morgan fingerprint density at radius 3 is 2.47 bits per heavy atom. The molecule has 0 amide bonds. The molecule has 1 saturated carbocycles. The van der Waals surface area contributed by atoms with Crippen LogP contribution in [-0.2, 0) is 4.74 Å². The van der Waals surface area contributed by atoms with Crippen molar-refractivity contribution in [3.8, 4) is 0 Å². The lowest BCUT2D eigenvalue weighted by Gasteiger charge is -2.35. The van der Waals surface area contributed by atoms with Gasteiger partial charge in [0, 0.05) is 32.8 Å². The van der Waals surface area contributed by atoms with E-state index >= 15 is 0 Å². The molecule has 0 unspecified atom stereocenters. The molecule has 0 aromatic heterocycles. The first-order valence-corrected chi connectivity index (χ1v) is 6.94. The number of nitrogens with zero attached hydrogens (tertiary/aromatic N) is 1. The highest BCUT2D eigenvalue weighted by molar-refractivity contribution is 4.82. The minimum Gasteiger partial charge on any atom is -0.383 e. The average Bonchev–Trinajstić information content (AvgIpc) is 2.29. The summed E-state index contributed by atoms with van der Waals surface area (Å²) in [5.74, 6) is 0. The monoisotopic (exact) mass is 242 g/mol. The number of methoxy groups -OCH3 is 1. The Kier molecular flexibility index (Phi) is 6.45. The van der Waals surface area contributed by atoms with Gasteiger partial charge in [-0.2, -0.15) is 0 Å². The van der Waals surface area contributed by atoms with Crippen LogP contribution in [-0.4, -0.2) is 51.3 Å². The standard InChI is InChI=1S/C14H30N2O/c1-14(2)7-5-13(6-8-14)15-9-10-16(3)11-12-17-4/h13,15H,5-12H2,1-4H3. The van der Waals surface area contributed by atoms with Gasteiger partial charge in [-0.15, -0.1) is 0 Å². The van der Waals surface area contributed by atoms with Gasteiger partial charge in [0.2, 0.25) is 0 Å². The molecule has 1 N–H and O–H groups in total. The third-order valence-corrected chi connectivity index (χ3v) is 3.94. The number of hydrogen-bond donors (Lipinski definition) is 1. The van der Waals surface area contributed by atoms with Crippen LogP contribution in [0.1, 0.15) is 39.5 Å². The van der Waals surface area contributed by atoms with Gasteiger partial charge in [-0.25, -0.2) is 0 Å². The van der Waals surface area contributed by atoms with E-state index in [0.717, 1.165) is 32.3 Å². The summed E-state index contributed by atoms with van der Waals surface area (Å²) in [6, 6.07) is 0.749. The second-order valence-corrected chi connectivity index (χ2v) is 6.19. The maximum Gasteiger partial charge on any atom is 0.0589 e. The van der Waals surface area contributed by atoms with Crippen molar-refractivity contribution in [2.75, 3.05) is 40.4 Å². The summed E-state index contributed by atoms with van der Waals surface area (Å²) < 4.78 is 5.07. The van der Waals surface area contributed by atoms with Crippen molar-refractivity contribution >= 4 is 0 Å². The van der Waals surface area contributed by atoms with Crippen LogP contribution in [0.3, 0.4) is 0 Å². The molecule has 0 atom stereocenters. The minimum absolute atomic E-state index is 0.577. The zero-order valence-corrected chi connectivity index (χ0v) is 12.1. The summed E-state index contributed by atoms with van der Waals surface area (Å²) in [6.07, 6.45) is 5.41. The number of hydrogen-bond acceptors (Lipinski definition) is 3. The van der Waals surface area contributed by atoms with Gasteiger partial charge in [0.25, 0.3) is 0 Å². The lowest BCUT2D eigenvalue weighted by molar-refractivity contribution is 0.158. The van der Waals surface area contributed by atoms with E-state index < -0.39 is 0 Å². The van der Waals surface area contributed by atoms with Crippen molar-refractivity contribution in [2.45, 2.75) is 45.6 Å². The predicted octanol–water partition coefficient (Wildman–Crippen LogP) is 2.12. The molecule has 0 saturated heterocycles. The maximum atomic E-state index is 5.07. The molecule has 0 heterocycles. The fourth-order valence-electron chi connectivity index (χ4n) is 2.42. The number of rotatable bonds is 7. The molecule has 1 fully saturated rings. The van der Waals surface area contributed by atoms with Crippen molar-refractivity contribution in [2.24, 2.45) is 5.41 Å². The molecule has 17 heavy (non-hydrogen) atoms. The summed E-state index contributed by atoms with van der Waals surface area (Å²) >= 11 is 0. The molecule has 0 aromatic carbocycles. The lowest BCUT2D eigenvalue weighted by atomic mass is 9.75. The molecular formula is C14H30N2O. The van der Waals surface area contributed by atoms with E-state index in [0.29, 0.717) is 5.41 Å². The molecule has 1 rings (SSSR count). The van der Waals surface area contributed by atoms with Crippen molar-refractivity contribution < 1.29 is 4.74 Å². The summed E-state index contributed by atoms with van der Waals surface area (Å²) in [5, 5.41) is 3.68. The molecule has 1 aliphatic rings. The second kappa shape index (κ2) is 7.34. The largest absolute Gasteiger partial charge is 0.383 e. The smallest absolute Gasteiger partial charge is 0.0589 e. The van der Waals surface area contributed by atoms with Crippen LogP contribution in [0.15, 0.2) is 0 Å². The minimum atomic E-state index is 0.577. The molecule has 0 spiro atoms. The van der Waals surface area contributed by atoms with Crippen molar-refractivity contribution in [1.82, 2.24) is 10.2 Å². The lowest BCUT2D eigenvalue weighted by Crippen LogP contribution is -2.39. The maximum absolute atomic E-state index is 5.07. The van der Waals surface area contributed by atoms with Crippen LogP contribution in [0.2, 0.25) is 0 Å². The van der Waals surface area contributed by atoms with Crippen molar-refractivity contribution in [3.63, 3.8) is 0 Å². The SMILES string of the molecule is COCCN(C)CCNC1CCC(C)(C)CC1. The fraction of sp³-hybridized carbons (Fsp3) is 1.00. The predicted molar refractivity (Wildman–Crippen MR) is 73.4 cm³/mol. The van der Waals surface area contributed by atoms with Crippen LogP contribution in [0, 0.1) is 5.41 Å². The van der Waals surface area contributed by atoms with Gasteiger partial charge >= 0.3 is 0 Å². The zero-order valence-electron chi connectivity index (χ0n) is 12.1. The molecule has 0 radical (unpaired) electrons. The highest BCUT2D eigenvalue weighted by Crippen LogP contribution is 2.34. The Hall–Kier alpha value is -0.120. The molecule has 1 aliphatic carbocycles. The topological polar surface area (TPSA) is 24.5 Å². The first-order chi connectivity index (χ1) is 8.03. The van der Waals surface area contributed by atoms with Crippen molar-refractivity contribution in [1.29, 1.82) is 0 Å². The van der Waals surface area contributed by atoms with Gasteiger partial charge in [-0.3, -0.25) is 0 Å². The van der Waals surface area contributed by atoms with Crippen LogP contribution in [0.4, 0.5) is 0 Å². The molecule has 3 heteroatoms. The van der Waals surface area contributed by atoms with Crippen LogP contribution < -0.4 is 5.32 Å². The van der Waals surface area contributed by atoms with E-state index in [1.54, 1.807) is 7.11 Å². The Balaban J connectivity index is 2.04. The van der Waals surface area contributed by atoms with Gasteiger partial charge < -0.3 is 15.0 Å². The quantitative estimate of drug-likeness (QED) is 0.740. The summed E-state index contributed by atoms with van der Waals surface area (Å²) in [4.78, 5) is 2.32. The molecule has 0 aliphatic heterocycles. The van der Waals surface area contributed by atoms with E-state index in [4.69, 9.17) is 4.74 Å². The number of likely N-dealkylation sites (N-methyl/N-ethyl adjacent to an activating group) is 1. The molecule has 0 bridgehead atoms. The normalized spacial score (nSPS) is 21.0. The van der Waals surface area contributed by atoms with Crippen LogP contribution in [0.25, 0.3) is 0 Å². The first kappa shape index (κ1) is 14.9. The fourth-order valence-corrected chi connectivity index (χ4v) is 2.42. The van der Waals surface area contributed by atoms with Crippen molar-refractivity contribution in [3.05, 3.63) is 0 Å². The third kappa shape index (κ3) is 6.39. The van der Waals surface area contributed by atoms with Gasteiger partial charge in [0.05, 0.1) is 6.61 Å². The van der Waals surface area contributed by atoms with E-state index in [9.17, 15) is 0 Å².